The Morgan fingerprint density at radius 2 is 2.24 bits per heavy atom. The Bertz CT molecular complexity index is 412. The fraction of sp³-hybridized carbons (Fsp3) is 0.545. The van der Waals surface area contributed by atoms with Gasteiger partial charge in [-0.25, -0.2) is 0 Å². The van der Waals surface area contributed by atoms with Crippen molar-refractivity contribution in [3.63, 3.8) is 0 Å². The van der Waals surface area contributed by atoms with Gasteiger partial charge in [-0.1, -0.05) is 13.3 Å². The van der Waals surface area contributed by atoms with Crippen molar-refractivity contribution in [1.82, 2.24) is 15.1 Å². The van der Waals surface area contributed by atoms with Crippen molar-refractivity contribution in [3.05, 3.63) is 17.5 Å². The van der Waals surface area contributed by atoms with Crippen LogP contribution >= 0.6 is 0 Å². The number of nitrogens with one attached hydrogen (secondary N) is 1. The minimum absolute atomic E-state index is 0.377. The van der Waals surface area contributed by atoms with E-state index in [-0.39, 0.29) is 6.54 Å². The lowest BCUT2D eigenvalue weighted by Crippen LogP contribution is -2.29. The molecule has 0 saturated carbocycles. The summed E-state index contributed by atoms with van der Waals surface area (Å²) < 4.78 is 1.76. The van der Waals surface area contributed by atoms with Gasteiger partial charge in [0.15, 0.2) is 0 Å². The highest BCUT2D eigenvalue weighted by Crippen LogP contribution is 2.08. The van der Waals surface area contributed by atoms with Crippen molar-refractivity contribution in [2.75, 3.05) is 6.54 Å². The molecule has 1 amide bonds. The molecule has 0 aliphatic carbocycles. The van der Waals surface area contributed by atoms with E-state index in [2.05, 4.69) is 17.3 Å². The van der Waals surface area contributed by atoms with E-state index in [0.29, 0.717) is 5.56 Å². The lowest BCUT2D eigenvalue weighted by Gasteiger charge is -2.04. The molecule has 1 aromatic heterocycles. The normalized spacial score (nSPS) is 10.2. The van der Waals surface area contributed by atoms with E-state index in [1.54, 1.807) is 11.6 Å². The third kappa shape index (κ3) is 3.58. The average molecular weight is 239 g/mol. The van der Waals surface area contributed by atoms with Gasteiger partial charge >= 0.3 is 5.97 Å². The number of carbonyl (C=O) groups excluding carboxylic acids is 1. The molecule has 0 spiro atoms. The first-order chi connectivity index (χ1) is 8.06. The summed E-state index contributed by atoms with van der Waals surface area (Å²) in [6, 6.07) is 0. The number of carboxylic acids is 1. The lowest BCUT2D eigenvalue weighted by molar-refractivity contribution is -0.135. The van der Waals surface area contributed by atoms with Crippen molar-refractivity contribution >= 4 is 11.9 Å². The standard InChI is InChI=1S/C11H17N3O3/c1-3-4-5-14-8(2)9(6-13-14)11(17)12-7-10(15)16/h6H,3-5,7H2,1-2H3,(H,12,17)(H,15,16). The summed E-state index contributed by atoms with van der Waals surface area (Å²) in [7, 11) is 0. The number of hydrogen-bond acceptors (Lipinski definition) is 3. The summed E-state index contributed by atoms with van der Waals surface area (Å²) in [5, 5.41) is 14.9. The van der Waals surface area contributed by atoms with E-state index < -0.39 is 11.9 Å². The lowest BCUT2D eigenvalue weighted by atomic mass is 10.2. The van der Waals surface area contributed by atoms with Crippen LogP contribution in [0.2, 0.25) is 0 Å². The predicted octanol–water partition coefficient (Wildman–Crippen LogP) is 0.806. The number of rotatable bonds is 6. The maximum absolute atomic E-state index is 11.6. The van der Waals surface area contributed by atoms with Crippen LogP contribution in [-0.2, 0) is 11.3 Å². The number of hydrogen-bond donors (Lipinski definition) is 2. The molecule has 0 atom stereocenters. The van der Waals surface area contributed by atoms with Gasteiger partial charge in [-0.2, -0.15) is 5.10 Å². The summed E-state index contributed by atoms with van der Waals surface area (Å²) in [6.45, 7) is 4.28. The third-order valence-corrected chi connectivity index (χ3v) is 2.47. The quantitative estimate of drug-likeness (QED) is 0.769. The molecule has 2 N–H and O–H groups in total. The van der Waals surface area contributed by atoms with Crippen molar-refractivity contribution < 1.29 is 14.7 Å². The summed E-state index contributed by atoms with van der Waals surface area (Å²) >= 11 is 0. The topological polar surface area (TPSA) is 84.2 Å². The van der Waals surface area contributed by atoms with Gasteiger partial charge in [-0.15, -0.1) is 0 Å². The molecule has 0 saturated heterocycles. The molecule has 94 valence electrons. The Balaban J connectivity index is 2.68. The molecule has 0 bridgehead atoms. The summed E-state index contributed by atoms with van der Waals surface area (Å²) in [5.41, 5.74) is 1.20. The third-order valence-electron chi connectivity index (χ3n) is 2.47. The van der Waals surface area contributed by atoms with Crippen LogP contribution in [0.1, 0.15) is 35.8 Å². The van der Waals surface area contributed by atoms with Crippen LogP contribution in [0.15, 0.2) is 6.20 Å². The van der Waals surface area contributed by atoms with E-state index in [9.17, 15) is 9.59 Å². The molecule has 6 heteroatoms. The number of carbonyl (C=O) groups is 2. The minimum atomic E-state index is -1.06. The van der Waals surface area contributed by atoms with Crippen LogP contribution in [0, 0.1) is 6.92 Å². The number of carboxylic acid groups (broad SMARTS) is 1. The SMILES string of the molecule is CCCCn1ncc(C(=O)NCC(=O)O)c1C. The van der Waals surface area contributed by atoms with Crippen molar-refractivity contribution in [2.45, 2.75) is 33.2 Å². The van der Waals surface area contributed by atoms with Gasteiger partial charge in [-0.3, -0.25) is 14.3 Å². The molecule has 17 heavy (non-hydrogen) atoms. The van der Waals surface area contributed by atoms with Crippen LogP contribution in [0.3, 0.4) is 0 Å². The van der Waals surface area contributed by atoms with Crippen molar-refractivity contribution in [1.29, 1.82) is 0 Å². The first kappa shape index (κ1) is 13.2. The number of unbranched alkanes of at least 4 members (excludes halogenated alkanes) is 1. The van der Waals surface area contributed by atoms with E-state index in [4.69, 9.17) is 5.11 Å². The Morgan fingerprint density at radius 3 is 2.82 bits per heavy atom. The van der Waals surface area contributed by atoms with E-state index in [0.717, 1.165) is 25.1 Å². The second-order valence-corrected chi connectivity index (χ2v) is 3.80. The monoisotopic (exact) mass is 239 g/mol. The van der Waals surface area contributed by atoms with Gasteiger partial charge < -0.3 is 10.4 Å². The molecule has 0 aromatic carbocycles. The number of amides is 1. The molecule has 0 aliphatic rings. The second kappa shape index (κ2) is 6.03. The number of aryl methyl sites for hydroxylation is 1. The highest BCUT2D eigenvalue weighted by molar-refractivity contribution is 5.96. The Morgan fingerprint density at radius 1 is 1.53 bits per heavy atom. The molecule has 1 heterocycles. The summed E-state index contributed by atoms with van der Waals surface area (Å²) in [4.78, 5) is 22.0. The molecule has 1 rings (SSSR count). The molecule has 0 fully saturated rings. The molecular weight excluding hydrogens is 222 g/mol. The first-order valence-electron chi connectivity index (χ1n) is 5.58. The van der Waals surface area contributed by atoms with Gasteiger partial charge in [0, 0.05) is 12.2 Å². The second-order valence-electron chi connectivity index (χ2n) is 3.80. The Labute approximate surface area is 99.6 Å². The average Bonchev–Trinajstić information content (AvgIpc) is 2.65. The fourth-order valence-corrected chi connectivity index (χ4v) is 1.45. The smallest absolute Gasteiger partial charge is 0.322 e. The van der Waals surface area contributed by atoms with Crippen LogP contribution in [0.25, 0.3) is 0 Å². The largest absolute Gasteiger partial charge is 0.480 e. The number of aliphatic carboxylic acids is 1. The van der Waals surface area contributed by atoms with Gasteiger partial charge in [0.25, 0.3) is 5.91 Å². The summed E-state index contributed by atoms with van der Waals surface area (Å²) in [6.07, 6.45) is 3.53. The van der Waals surface area contributed by atoms with Gasteiger partial charge in [0.1, 0.15) is 6.54 Å². The van der Waals surface area contributed by atoms with Crippen molar-refractivity contribution in [2.24, 2.45) is 0 Å². The molecule has 0 unspecified atom stereocenters. The number of nitrogens with zero attached hydrogens (tertiary/aromatic N) is 2. The molecule has 6 nitrogen and oxygen atoms in total. The van der Waals surface area contributed by atoms with E-state index >= 15 is 0 Å². The zero-order valence-corrected chi connectivity index (χ0v) is 10.1. The van der Waals surface area contributed by atoms with Crippen LogP contribution in [0.4, 0.5) is 0 Å². The van der Waals surface area contributed by atoms with Crippen LogP contribution in [0.5, 0.6) is 0 Å². The van der Waals surface area contributed by atoms with Gasteiger partial charge in [0.2, 0.25) is 0 Å². The van der Waals surface area contributed by atoms with E-state index in [1.807, 2.05) is 0 Å². The number of aromatic nitrogens is 2. The van der Waals surface area contributed by atoms with Gasteiger partial charge in [-0.05, 0) is 13.3 Å². The first-order valence-corrected chi connectivity index (χ1v) is 5.58. The van der Waals surface area contributed by atoms with Gasteiger partial charge in [0.05, 0.1) is 11.8 Å². The highest BCUT2D eigenvalue weighted by atomic mass is 16.4. The highest BCUT2D eigenvalue weighted by Gasteiger charge is 2.14. The van der Waals surface area contributed by atoms with Crippen molar-refractivity contribution in [3.8, 4) is 0 Å². The Kier molecular flexibility index (Phi) is 4.68. The minimum Gasteiger partial charge on any atom is -0.480 e. The molecule has 0 aliphatic heterocycles. The van der Waals surface area contributed by atoms with Crippen LogP contribution < -0.4 is 5.32 Å². The maximum Gasteiger partial charge on any atom is 0.322 e. The van der Waals surface area contributed by atoms with E-state index in [1.165, 1.54) is 6.20 Å². The zero-order chi connectivity index (χ0) is 12.8. The van der Waals surface area contributed by atoms with Crippen LogP contribution in [-0.4, -0.2) is 33.3 Å². The summed E-state index contributed by atoms with van der Waals surface area (Å²) in [5.74, 6) is -1.46. The molecule has 1 aromatic rings. The Hall–Kier alpha value is -1.85. The zero-order valence-electron chi connectivity index (χ0n) is 10.1. The predicted molar refractivity (Wildman–Crippen MR) is 61.8 cm³/mol. The maximum atomic E-state index is 11.6. The molecule has 0 radical (unpaired) electrons. The molecular formula is C11H17N3O3. The fourth-order valence-electron chi connectivity index (χ4n) is 1.45.